The summed E-state index contributed by atoms with van der Waals surface area (Å²) in [6.45, 7) is -0.798. The number of halogens is 1. The van der Waals surface area contributed by atoms with Crippen LogP contribution in [0, 0.1) is 5.82 Å². The second-order valence-electron chi connectivity index (χ2n) is 5.90. The zero-order valence-electron chi connectivity index (χ0n) is 14.9. The molecule has 0 aliphatic heterocycles. The number of para-hydroxylation sites is 1. The monoisotopic (exact) mass is 379 g/mol. The van der Waals surface area contributed by atoms with Crippen molar-refractivity contribution in [2.75, 3.05) is 18.5 Å². The van der Waals surface area contributed by atoms with Gasteiger partial charge in [-0.2, -0.15) is 0 Å². The minimum absolute atomic E-state index is 0.148. The van der Waals surface area contributed by atoms with Crippen molar-refractivity contribution in [3.05, 3.63) is 90.2 Å². The van der Waals surface area contributed by atoms with Gasteiger partial charge in [0.05, 0.1) is 0 Å². The Kier molecular flexibility index (Phi) is 6.36. The molecule has 0 aromatic heterocycles. The smallest absolute Gasteiger partial charge is 0.344 e. The second kappa shape index (κ2) is 9.32. The third-order valence-electron chi connectivity index (χ3n) is 3.78. The van der Waals surface area contributed by atoms with E-state index in [9.17, 15) is 14.0 Å². The van der Waals surface area contributed by atoms with Gasteiger partial charge in [0.1, 0.15) is 11.6 Å². The number of anilines is 2. The highest BCUT2D eigenvalue weighted by atomic mass is 19.1. The van der Waals surface area contributed by atoms with Crippen LogP contribution in [0.3, 0.4) is 0 Å². The van der Waals surface area contributed by atoms with E-state index in [4.69, 9.17) is 9.47 Å². The summed E-state index contributed by atoms with van der Waals surface area (Å²) < 4.78 is 23.3. The van der Waals surface area contributed by atoms with E-state index in [2.05, 4.69) is 5.32 Å². The first-order valence-electron chi connectivity index (χ1n) is 8.59. The van der Waals surface area contributed by atoms with Crippen LogP contribution in [0.1, 0.15) is 10.4 Å². The van der Waals surface area contributed by atoms with Crippen LogP contribution in [-0.4, -0.2) is 25.0 Å². The average Bonchev–Trinajstić information content (AvgIpc) is 2.72. The number of hydrogen-bond donors (Lipinski definition) is 1. The molecule has 0 heterocycles. The molecule has 5 nitrogen and oxygen atoms in total. The summed E-state index contributed by atoms with van der Waals surface area (Å²) in [5, 5.41) is 3.24. The van der Waals surface area contributed by atoms with Crippen molar-refractivity contribution < 1.29 is 23.5 Å². The molecule has 0 amide bonds. The molecule has 142 valence electrons. The normalized spacial score (nSPS) is 10.2. The van der Waals surface area contributed by atoms with Crippen molar-refractivity contribution in [2.45, 2.75) is 0 Å². The third kappa shape index (κ3) is 5.67. The summed E-state index contributed by atoms with van der Waals surface area (Å²) in [5.74, 6) is -1.20. The molecule has 3 aromatic carbocycles. The van der Waals surface area contributed by atoms with Crippen LogP contribution in [-0.2, 0) is 9.53 Å². The Morgan fingerprint density at radius 1 is 0.821 bits per heavy atom. The fourth-order valence-corrected chi connectivity index (χ4v) is 2.40. The lowest BCUT2D eigenvalue weighted by molar-refractivity contribution is -0.144. The Bertz CT molecular complexity index is 942. The average molecular weight is 379 g/mol. The van der Waals surface area contributed by atoms with Crippen molar-refractivity contribution in [1.29, 1.82) is 0 Å². The van der Waals surface area contributed by atoms with Gasteiger partial charge >= 0.3 is 5.97 Å². The molecule has 28 heavy (non-hydrogen) atoms. The van der Waals surface area contributed by atoms with Crippen LogP contribution in [0.4, 0.5) is 15.8 Å². The number of benzene rings is 3. The Morgan fingerprint density at radius 3 is 2.25 bits per heavy atom. The van der Waals surface area contributed by atoms with Gasteiger partial charge in [-0.25, -0.2) is 9.18 Å². The lowest BCUT2D eigenvalue weighted by atomic mass is 10.1. The van der Waals surface area contributed by atoms with Gasteiger partial charge in [-0.05, 0) is 48.5 Å². The molecule has 3 aromatic rings. The molecule has 6 heteroatoms. The highest BCUT2D eigenvalue weighted by Gasteiger charge is 2.11. The van der Waals surface area contributed by atoms with Crippen molar-refractivity contribution in [2.24, 2.45) is 0 Å². The molecule has 0 spiro atoms. The number of rotatable bonds is 8. The van der Waals surface area contributed by atoms with Crippen LogP contribution in [0.5, 0.6) is 5.75 Å². The summed E-state index contributed by atoms with van der Waals surface area (Å²) in [6, 6.07) is 22.0. The molecule has 0 atom stereocenters. The quantitative estimate of drug-likeness (QED) is 0.465. The van der Waals surface area contributed by atoms with Gasteiger partial charge in [0.25, 0.3) is 0 Å². The van der Waals surface area contributed by atoms with E-state index in [0.29, 0.717) is 5.75 Å². The molecule has 3 rings (SSSR count). The zero-order valence-corrected chi connectivity index (χ0v) is 14.9. The van der Waals surface area contributed by atoms with E-state index in [0.717, 1.165) is 17.4 Å². The van der Waals surface area contributed by atoms with Crippen LogP contribution >= 0.6 is 0 Å². The standard InChI is InChI=1S/C22H18FNO4/c23-17-6-4-5-16(13-17)21(25)14-28-22(26)15-27-20-11-9-19(10-12-20)24-18-7-2-1-3-8-18/h1-13,24H,14-15H2. The largest absolute Gasteiger partial charge is 0.482 e. The first kappa shape index (κ1) is 19.1. The zero-order chi connectivity index (χ0) is 19.8. The predicted octanol–water partition coefficient (Wildman–Crippen LogP) is 4.37. The van der Waals surface area contributed by atoms with Gasteiger partial charge in [-0.1, -0.05) is 30.3 Å². The van der Waals surface area contributed by atoms with E-state index < -0.39 is 24.2 Å². The molecular formula is C22H18FNO4. The summed E-state index contributed by atoms with van der Waals surface area (Å²) in [4.78, 5) is 23.6. The van der Waals surface area contributed by atoms with Crippen LogP contribution in [0.15, 0.2) is 78.9 Å². The molecule has 0 saturated heterocycles. The van der Waals surface area contributed by atoms with Gasteiger partial charge in [0, 0.05) is 16.9 Å². The number of nitrogens with one attached hydrogen (secondary N) is 1. The maximum Gasteiger partial charge on any atom is 0.344 e. The first-order chi connectivity index (χ1) is 13.6. The number of carbonyl (C=O) groups is 2. The Balaban J connectivity index is 1.43. The first-order valence-corrected chi connectivity index (χ1v) is 8.59. The van der Waals surface area contributed by atoms with E-state index in [1.165, 1.54) is 18.2 Å². The topological polar surface area (TPSA) is 64.6 Å². The van der Waals surface area contributed by atoms with Gasteiger partial charge < -0.3 is 14.8 Å². The molecule has 0 saturated carbocycles. The number of carbonyl (C=O) groups excluding carboxylic acids is 2. The van der Waals surface area contributed by atoms with Gasteiger partial charge in [0.15, 0.2) is 19.0 Å². The summed E-state index contributed by atoms with van der Waals surface area (Å²) in [6.07, 6.45) is 0. The van der Waals surface area contributed by atoms with Crippen molar-refractivity contribution >= 4 is 23.1 Å². The number of ketones is 1. The molecule has 0 aliphatic carbocycles. The molecule has 0 bridgehead atoms. The van der Waals surface area contributed by atoms with E-state index >= 15 is 0 Å². The maximum atomic E-state index is 13.1. The Labute approximate surface area is 161 Å². The summed E-state index contributed by atoms with van der Waals surface area (Å²) >= 11 is 0. The number of esters is 1. The van der Waals surface area contributed by atoms with E-state index in [1.54, 1.807) is 12.1 Å². The fraction of sp³-hybridized carbons (Fsp3) is 0.0909. The summed E-state index contributed by atoms with van der Waals surface area (Å²) in [5.41, 5.74) is 1.99. The fourth-order valence-electron chi connectivity index (χ4n) is 2.40. The highest BCUT2D eigenvalue weighted by Crippen LogP contribution is 2.19. The number of hydrogen-bond acceptors (Lipinski definition) is 5. The predicted molar refractivity (Wildman–Crippen MR) is 103 cm³/mol. The molecule has 0 radical (unpaired) electrons. The van der Waals surface area contributed by atoms with Crippen molar-refractivity contribution in [3.63, 3.8) is 0 Å². The second-order valence-corrected chi connectivity index (χ2v) is 5.90. The lowest BCUT2D eigenvalue weighted by Gasteiger charge is -2.09. The van der Waals surface area contributed by atoms with Crippen LogP contribution in [0.25, 0.3) is 0 Å². The maximum absolute atomic E-state index is 13.1. The molecular weight excluding hydrogens is 361 g/mol. The Hall–Kier alpha value is -3.67. The van der Waals surface area contributed by atoms with Crippen LogP contribution in [0.2, 0.25) is 0 Å². The summed E-state index contributed by atoms with van der Waals surface area (Å²) in [7, 11) is 0. The van der Waals surface area contributed by atoms with Gasteiger partial charge in [-0.15, -0.1) is 0 Å². The minimum atomic E-state index is -0.684. The number of ether oxygens (including phenoxy) is 2. The van der Waals surface area contributed by atoms with E-state index in [-0.39, 0.29) is 12.2 Å². The SMILES string of the molecule is O=C(COc1ccc(Nc2ccccc2)cc1)OCC(=O)c1cccc(F)c1. The van der Waals surface area contributed by atoms with E-state index in [1.807, 2.05) is 42.5 Å². The molecule has 0 unspecified atom stereocenters. The van der Waals surface area contributed by atoms with Crippen molar-refractivity contribution in [1.82, 2.24) is 0 Å². The molecule has 0 aliphatic rings. The van der Waals surface area contributed by atoms with Crippen LogP contribution < -0.4 is 10.1 Å². The molecule has 1 N–H and O–H groups in total. The minimum Gasteiger partial charge on any atom is -0.482 e. The van der Waals surface area contributed by atoms with Gasteiger partial charge in [0.2, 0.25) is 0 Å². The third-order valence-corrected chi connectivity index (χ3v) is 3.78. The molecule has 0 fully saturated rings. The van der Waals surface area contributed by atoms with Gasteiger partial charge in [-0.3, -0.25) is 4.79 Å². The number of Topliss-reactive ketones (excluding diaryl/α,β-unsaturated/α-hetero) is 1. The highest BCUT2D eigenvalue weighted by molar-refractivity contribution is 5.97. The van der Waals surface area contributed by atoms with Crippen molar-refractivity contribution in [3.8, 4) is 5.75 Å². The Morgan fingerprint density at radius 2 is 1.54 bits per heavy atom. The lowest BCUT2D eigenvalue weighted by Crippen LogP contribution is -2.19.